The summed E-state index contributed by atoms with van der Waals surface area (Å²) in [6, 6.07) is 0. The molecule has 86 valence electrons. The van der Waals surface area contributed by atoms with Crippen molar-refractivity contribution < 1.29 is 49.0 Å². The molecule has 1 aliphatic rings. The van der Waals surface area contributed by atoms with Gasteiger partial charge in [0.25, 0.3) is 0 Å². The van der Waals surface area contributed by atoms with Crippen molar-refractivity contribution in [3.63, 3.8) is 0 Å². The van der Waals surface area contributed by atoms with Gasteiger partial charge in [-0.2, -0.15) is 0 Å². The van der Waals surface area contributed by atoms with Crippen molar-refractivity contribution in [2.24, 2.45) is 16.7 Å². The molecule has 0 amide bonds. The van der Waals surface area contributed by atoms with Crippen molar-refractivity contribution >= 4 is 11.9 Å². The van der Waals surface area contributed by atoms with Gasteiger partial charge in [-0.05, 0) is 25.2 Å². The van der Waals surface area contributed by atoms with Gasteiger partial charge in [-0.25, -0.2) is 0 Å². The number of methoxy groups -OCH3 is 1. The minimum absolute atomic E-state index is 0. The number of carboxylic acid groups (broad SMARTS) is 1. The first-order valence-electron chi connectivity index (χ1n) is 5.08. The fourth-order valence-electron chi connectivity index (χ4n) is 2.44. The molecular weight excluding hydrogens is 219 g/mol. The molecule has 0 aromatic heterocycles. The molecule has 4 nitrogen and oxygen atoms in total. The van der Waals surface area contributed by atoms with E-state index < -0.39 is 16.8 Å². The Morgan fingerprint density at radius 1 is 1.31 bits per heavy atom. The van der Waals surface area contributed by atoms with Crippen LogP contribution in [-0.4, -0.2) is 24.2 Å². The van der Waals surface area contributed by atoms with Gasteiger partial charge in [0.05, 0.1) is 18.4 Å². The Morgan fingerprint density at radius 3 is 2.12 bits per heavy atom. The van der Waals surface area contributed by atoms with Gasteiger partial charge in [0, 0.05) is 0 Å². The van der Waals surface area contributed by atoms with E-state index in [1.807, 2.05) is 13.8 Å². The summed E-state index contributed by atoms with van der Waals surface area (Å²) in [4.78, 5) is 22.8. The molecule has 1 N–H and O–H groups in total. The molecule has 0 spiro atoms. The Hall–Kier alpha value is -0.0600. The van der Waals surface area contributed by atoms with E-state index in [1.54, 1.807) is 6.92 Å². The van der Waals surface area contributed by atoms with Crippen molar-refractivity contribution in [1.82, 2.24) is 0 Å². The number of carboxylic acids is 1. The van der Waals surface area contributed by atoms with Crippen LogP contribution >= 0.6 is 0 Å². The van der Waals surface area contributed by atoms with Crippen LogP contribution in [0.15, 0.2) is 0 Å². The molecule has 1 aliphatic carbocycles. The van der Waals surface area contributed by atoms with E-state index in [2.05, 4.69) is 0 Å². The number of ether oxygens (including phenoxy) is 1. The van der Waals surface area contributed by atoms with Gasteiger partial charge in [0.15, 0.2) is 0 Å². The zero-order valence-electron chi connectivity index (χ0n) is 10.7. The standard InChI is InChI=1S/C11H18O4.Na/c1-10(2)7(8(12)15-4)5-6-11(10,3)9(13)14;/h7H,5-6H2,1-4H3,(H,13,14);/q;+1. The second-order valence-corrected chi connectivity index (χ2v) is 4.97. The van der Waals surface area contributed by atoms with E-state index in [1.165, 1.54) is 7.11 Å². The first-order valence-corrected chi connectivity index (χ1v) is 5.08. The summed E-state index contributed by atoms with van der Waals surface area (Å²) in [5.41, 5.74) is -1.40. The van der Waals surface area contributed by atoms with Crippen LogP contribution in [0.5, 0.6) is 0 Å². The molecule has 0 aliphatic heterocycles. The van der Waals surface area contributed by atoms with Gasteiger partial charge in [0.2, 0.25) is 0 Å². The number of hydrogen-bond acceptors (Lipinski definition) is 3. The fraction of sp³-hybridized carbons (Fsp3) is 0.818. The van der Waals surface area contributed by atoms with Crippen LogP contribution in [0.2, 0.25) is 0 Å². The Labute approximate surface area is 118 Å². The number of carbonyl (C=O) groups excluding carboxylic acids is 1. The minimum Gasteiger partial charge on any atom is -0.481 e. The molecule has 1 rings (SSSR count). The van der Waals surface area contributed by atoms with E-state index in [0.717, 1.165) is 0 Å². The summed E-state index contributed by atoms with van der Waals surface area (Å²) >= 11 is 0. The minimum atomic E-state index is -0.841. The van der Waals surface area contributed by atoms with Crippen molar-refractivity contribution in [3.05, 3.63) is 0 Å². The topological polar surface area (TPSA) is 63.6 Å². The van der Waals surface area contributed by atoms with Crippen LogP contribution < -0.4 is 29.6 Å². The van der Waals surface area contributed by atoms with Crippen LogP contribution in [0.25, 0.3) is 0 Å². The third-order valence-electron chi connectivity index (χ3n) is 4.18. The Bertz CT molecular complexity index is 300. The van der Waals surface area contributed by atoms with E-state index in [4.69, 9.17) is 4.74 Å². The average Bonchev–Trinajstić information content (AvgIpc) is 2.39. The largest absolute Gasteiger partial charge is 1.00 e. The predicted molar refractivity (Wildman–Crippen MR) is 54.3 cm³/mol. The van der Waals surface area contributed by atoms with Crippen LogP contribution in [0, 0.1) is 16.7 Å². The molecule has 0 heterocycles. The zero-order chi connectivity index (χ0) is 11.9. The van der Waals surface area contributed by atoms with Gasteiger partial charge in [0.1, 0.15) is 0 Å². The molecule has 1 fully saturated rings. The van der Waals surface area contributed by atoms with E-state index in [-0.39, 0.29) is 41.4 Å². The SMILES string of the molecule is COC(=O)C1CCC(C)(C(=O)O)C1(C)C.[Na+]. The summed E-state index contributed by atoms with van der Waals surface area (Å²) in [5, 5.41) is 9.23. The van der Waals surface area contributed by atoms with Gasteiger partial charge < -0.3 is 9.84 Å². The molecule has 0 aromatic rings. The Balaban J connectivity index is 0.00000225. The van der Waals surface area contributed by atoms with E-state index >= 15 is 0 Å². The summed E-state index contributed by atoms with van der Waals surface area (Å²) in [6.45, 7) is 5.36. The molecule has 0 saturated heterocycles. The monoisotopic (exact) mass is 237 g/mol. The third-order valence-corrected chi connectivity index (χ3v) is 4.18. The van der Waals surface area contributed by atoms with Crippen LogP contribution in [0.1, 0.15) is 33.6 Å². The molecular formula is C11H18NaO4+. The second kappa shape index (κ2) is 5.07. The van der Waals surface area contributed by atoms with Crippen molar-refractivity contribution in [3.8, 4) is 0 Å². The second-order valence-electron chi connectivity index (χ2n) is 4.97. The van der Waals surface area contributed by atoms with Crippen LogP contribution in [-0.2, 0) is 14.3 Å². The molecule has 5 heteroatoms. The van der Waals surface area contributed by atoms with Crippen molar-refractivity contribution in [1.29, 1.82) is 0 Å². The normalized spacial score (nSPS) is 31.6. The molecule has 2 unspecified atom stereocenters. The quantitative estimate of drug-likeness (QED) is 0.478. The number of esters is 1. The maximum Gasteiger partial charge on any atom is 1.00 e. The zero-order valence-corrected chi connectivity index (χ0v) is 12.7. The average molecular weight is 237 g/mol. The van der Waals surface area contributed by atoms with Gasteiger partial charge in [-0.15, -0.1) is 0 Å². The predicted octanol–water partition coefficient (Wildman–Crippen LogP) is -1.31. The van der Waals surface area contributed by atoms with Crippen molar-refractivity contribution in [2.75, 3.05) is 7.11 Å². The number of rotatable bonds is 2. The maximum absolute atomic E-state index is 11.5. The molecule has 0 radical (unpaired) electrons. The molecule has 16 heavy (non-hydrogen) atoms. The fourth-order valence-corrected chi connectivity index (χ4v) is 2.44. The first-order chi connectivity index (χ1) is 6.77. The van der Waals surface area contributed by atoms with Gasteiger partial charge in [-0.3, -0.25) is 9.59 Å². The van der Waals surface area contributed by atoms with Crippen molar-refractivity contribution in [2.45, 2.75) is 33.6 Å². The van der Waals surface area contributed by atoms with Gasteiger partial charge >= 0.3 is 41.5 Å². The van der Waals surface area contributed by atoms with Crippen LogP contribution in [0.4, 0.5) is 0 Å². The summed E-state index contributed by atoms with van der Waals surface area (Å²) in [7, 11) is 1.34. The Kier molecular flexibility index (Phi) is 5.05. The summed E-state index contributed by atoms with van der Waals surface area (Å²) in [5.74, 6) is -1.45. The molecule has 0 aromatic carbocycles. The number of aliphatic carboxylic acids is 1. The summed E-state index contributed by atoms with van der Waals surface area (Å²) in [6.07, 6.45) is 1.11. The molecule has 1 saturated carbocycles. The molecule has 2 atom stereocenters. The first kappa shape index (κ1) is 15.9. The third kappa shape index (κ3) is 2.15. The van der Waals surface area contributed by atoms with E-state index in [9.17, 15) is 14.7 Å². The van der Waals surface area contributed by atoms with Gasteiger partial charge in [-0.1, -0.05) is 13.8 Å². The Morgan fingerprint density at radius 2 is 1.81 bits per heavy atom. The smallest absolute Gasteiger partial charge is 0.481 e. The van der Waals surface area contributed by atoms with Crippen LogP contribution in [0.3, 0.4) is 0 Å². The number of carbonyl (C=O) groups is 2. The van der Waals surface area contributed by atoms with E-state index in [0.29, 0.717) is 12.8 Å². The number of hydrogen-bond donors (Lipinski definition) is 1. The summed E-state index contributed by atoms with van der Waals surface area (Å²) < 4.78 is 4.71. The molecule has 0 bridgehead atoms. The maximum atomic E-state index is 11.5.